The molecule has 170 valence electrons. The lowest BCUT2D eigenvalue weighted by Crippen LogP contribution is -2.33. The summed E-state index contributed by atoms with van der Waals surface area (Å²) in [7, 11) is 2.07. The van der Waals surface area contributed by atoms with Gasteiger partial charge >= 0.3 is 6.09 Å². The number of nitrogens with one attached hydrogen (secondary N) is 2. The summed E-state index contributed by atoms with van der Waals surface area (Å²) in [6.45, 7) is 7.07. The zero-order valence-corrected chi connectivity index (χ0v) is 19.3. The maximum Gasteiger partial charge on any atom is 0.407 e. The molecule has 0 saturated heterocycles. The molecule has 0 saturated carbocycles. The zero-order valence-electron chi connectivity index (χ0n) is 19.3. The van der Waals surface area contributed by atoms with Gasteiger partial charge in [0.15, 0.2) is 0 Å². The molecule has 0 fully saturated rings. The van der Waals surface area contributed by atoms with Crippen molar-refractivity contribution in [1.29, 1.82) is 0 Å². The normalized spacial score (nSPS) is 11.4. The van der Waals surface area contributed by atoms with E-state index in [4.69, 9.17) is 4.74 Å². The van der Waals surface area contributed by atoms with Gasteiger partial charge in [-0.25, -0.2) is 9.89 Å². The lowest BCUT2D eigenvalue weighted by Gasteiger charge is -2.21. The Morgan fingerprint density at radius 3 is 2.56 bits per heavy atom. The minimum atomic E-state index is -0.474. The van der Waals surface area contributed by atoms with Gasteiger partial charge in [0.1, 0.15) is 5.60 Å². The highest BCUT2D eigenvalue weighted by Crippen LogP contribution is 2.27. The lowest BCUT2D eigenvalue weighted by molar-refractivity contribution is 0.0527. The molecule has 0 aliphatic heterocycles. The highest BCUT2D eigenvalue weighted by atomic mass is 16.6. The molecule has 7 heteroatoms. The number of fused-ring (bicyclic) bond motifs is 1. The Morgan fingerprint density at radius 1 is 1.06 bits per heavy atom. The first kappa shape index (κ1) is 23.3. The number of rotatable bonds is 8. The number of alkyl carbamates (subject to hydrolysis) is 1. The molecule has 0 spiro atoms. The second-order valence-electron chi connectivity index (χ2n) is 8.91. The molecule has 0 unspecified atom stereocenters. The first-order chi connectivity index (χ1) is 15.2. The van der Waals surface area contributed by atoms with Gasteiger partial charge in [-0.05, 0) is 58.2 Å². The zero-order chi connectivity index (χ0) is 23.1. The van der Waals surface area contributed by atoms with Gasteiger partial charge in [0.2, 0.25) is 0 Å². The van der Waals surface area contributed by atoms with E-state index in [1.165, 1.54) is 0 Å². The SMILES string of the molecule is CN(CCCCCNC(=O)OC(C)(C)C)c1cccc(-c2n[nH]c(=O)c3ccccc23)c1. The molecule has 0 radical (unpaired) electrons. The molecule has 32 heavy (non-hydrogen) atoms. The summed E-state index contributed by atoms with van der Waals surface area (Å²) in [5.74, 6) is 0. The van der Waals surface area contributed by atoms with Crippen molar-refractivity contribution in [1.82, 2.24) is 15.5 Å². The number of aromatic nitrogens is 2. The average Bonchev–Trinajstić information content (AvgIpc) is 2.75. The molecule has 7 nitrogen and oxygen atoms in total. The van der Waals surface area contributed by atoms with Crippen molar-refractivity contribution >= 4 is 22.6 Å². The number of hydrogen-bond donors (Lipinski definition) is 2. The number of H-pyrrole nitrogens is 1. The fourth-order valence-electron chi connectivity index (χ4n) is 3.51. The number of benzene rings is 2. The first-order valence-corrected chi connectivity index (χ1v) is 11.0. The van der Waals surface area contributed by atoms with Crippen LogP contribution in [0.25, 0.3) is 22.0 Å². The topological polar surface area (TPSA) is 87.3 Å². The Bertz CT molecular complexity index is 1120. The predicted octanol–water partition coefficient (Wildman–Crippen LogP) is 4.72. The molecule has 1 heterocycles. The third-order valence-electron chi connectivity index (χ3n) is 5.09. The number of carbonyl (C=O) groups excluding carboxylic acids is 1. The van der Waals surface area contributed by atoms with E-state index in [9.17, 15) is 9.59 Å². The van der Waals surface area contributed by atoms with Crippen molar-refractivity contribution < 1.29 is 9.53 Å². The van der Waals surface area contributed by atoms with Crippen molar-refractivity contribution in [3.8, 4) is 11.3 Å². The summed E-state index contributed by atoms with van der Waals surface area (Å²) in [5.41, 5.74) is 2.16. The van der Waals surface area contributed by atoms with Crippen LogP contribution >= 0.6 is 0 Å². The molecule has 1 aromatic heterocycles. The maximum atomic E-state index is 12.1. The van der Waals surface area contributed by atoms with Gasteiger partial charge in [0, 0.05) is 36.8 Å². The number of amides is 1. The molecule has 0 bridgehead atoms. The Labute approximate surface area is 188 Å². The van der Waals surface area contributed by atoms with Crippen molar-refractivity contribution in [3.05, 3.63) is 58.9 Å². The first-order valence-electron chi connectivity index (χ1n) is 11.0. The van der Waals surface area contributed by atoms with Gasteiger partial charge in [0.05, 0.1) is 11.1 Å². The Balaban J connectivity index is 1.54. The van der Waals surface area contributed by atoms with Crippen molar-refractivity contribution in [2.45, 2.75) is 45.6 Å². The Kier molecular flexibility index (Phi) is 7.51. The fraction of sp³-hybridized carbons (Fsp3) is 0.400. The number of aromatic amines is 1. The molecule has 2 N–H and O–H groups in total. The summed E-state index contributed by atoms with van der Waals surface area (Å²) in [6.07, 6.45) is 2.55. The van der Waals surface area contributed by atoms with E-state index in [0.717, 1.165) is 48.1 Å². The largest absolute Gasteiger partial charge is 0.444 e. The molecular weight excluding hydrogens is 404 g/mol. The van der Waals surface area contributed by atoms with Gasteiger partial charge < -0.3 is 15.0 Å². The van der Waals surface area contributed by atoms with Crippen LogP contribution in [-0.2, 0) is 4.74 Å². The van der Waals surface area contributed by atoms with Crippen molar-refractivity contribution in [3.63, 3.8) is 0 Å². The molecule has 3 aromatic rings. The smallest absolute Gasteiger partial charge is 0.407 e. The van der Waals surface area contributed by atoms with Gasteiger partial charge in [-0.3, -0.25) is 4.79 Å². The minimum Gasteiger partial charge on any atom is -0.444 e. The van der Waals surface area contributed by atoms with Crippen molar-refractivity contribution in [2.75, 3.05) is 25.0 Å². The maximum absolute atomic E-state index is 12.1. The number of hydrogen-bond acceptors (Lipinski definition) is 5. The van der Waals surface area contributed by atoms with Crippen LogP contribution in [-0.4, -0.2) is 42.0 Å². The molecule has 0 atom stereocenters. The van der Waals surface area contributed by atoms with Crippen LogP contribution in [0, 0.1) is 0 Å². The number of carbonyl (C=O) groups is 1. The monoisotopic (exact) mass is 436 g/mol. The van der Waals surface area contributed by atoms with Crippen LogP contribution < -0.4 is 15.8 Å². The van der Waals surface area contributed by atoms with E-state index in [2.05, 4.69) is 39.6 Å². The summed E-state index contributed by atoms with van der Waals surface area (Å²) in [6, 6.07) is 15.7. The van der Waals surface area contributed by atoms with E-state index in [-0.39, 0.29) is 11.7 Å². The Morgan fingerprint density at radius 2 is 1.81 bits per heavy atom. The number of unbranched alkanes of at least 4 members (excludes halogenated alkanes) is 2. The van der Waals surface area contributed by atoms with E-state index in [0.29, 0.717) is 11.9 Å². The number of nitrogens with zero attached hydrogens (tertiary/aromatic N) is 2. The predicted molar refractivity (Wildman–Crippen MR) is 129 cm³/mol. The lowest BCUT2D eigenvalue weighted by atomic mass is 10.0. The molecule has 0 aliphatic rings. The van der Waals surface area contributed by atoms with Crippen LogP contribution in [0.5, 0.6) is 0 Å². The second-order valence-corrected chi connectivity index (χ2v) is 8.91. The van der Waals surface area contributed by atoms with Gasteiger partial charge in [-0.2, -0.15) is 5.10 Å². The van der Waals surface area contributed by atoms with E-state index < -0.39 is 5.60 Å². The molecule has 3 rings (SSSR count). The van der Waals surface area contributed by atoms with Gasteiger partial charge in [-0.1, -0.05) is 30.3 Å². The van der Waals surface area contributed by atoms with E-state index >= 15 is 0 Å². The molecular formula is C25H32N4O3. The standard InChI is InChI=1S/C25H32N4O3/c1-25(2,3)32-24(31)26-15-8-5-9-16-29(4)19-12-10-11-18(17-19)22-20-13-6-7-14-21(20)23(30)28-27-22/h6-7,10-14,17H,5,8-9,15-16H2,1-4H3,(H,26,31)(H,28,30). The highest BCUT2D eigenvalue weighted by molar-refractivity contribution is 5.94. The third kappa shape index (κ3) is 6.33. The number of ether oxygens (including phenoxy) is 1. The van der Waals surface area contributed by atoms with Crippen LogP contribution in [0.3, 0.4) is 0 Å². The number of anilines is 1. The van der Waals surface area contributed by atoms with Crippen LogP contribution in [0.2, 0.25) is 0 Å². The van der Waals surface area contributed by atoms with Gasteiger partial charge in [0.25, 0.3) is 5.56 Å². The van der Waals surface area contributed by atoms with Crippen LogP contribution in [0.1, 0.15) is 40.0 Å². The summed E-state index contributed by atoms with van der Waals surface area (Å²) in [5, 5.41) is 11.2. The summed E-state index contributed by atoms with van der Waals surface area (Å²) in [4.78, 5) is 25.9. The van der Waals surface area contributed by atoms with Crippen molar-refractivity contribution in [2.24, 2.45) is 0 Å². The van der Waals surface area contributed by atoms with Crippen LogP contribution in [0.15, 0.2) is 53.3 Å². The van der Waals surface area contributed by atoms with E-state index in [1.54, 1.807) is 0 Å². The van der Waals surface area contributed by atoms with E-state index in [1.807, 2.05) is 57.2 Å². The van der Waals surface area contributed by atoms with Crippen LogP contribution in [0.4, 0.5) is 10.5 Å². The minimum absolute atomic E-state index is 0.182. The molecule has 2 aromatic carbocycles. The average molecular weight is 437 g/mol. The molecule has 0 aliphatic carbocycles. The Hall–Kier alpha value is -3.35. The quantitative estimate of drug-likeness (QED) is 0.499. The highest BCUT2D eigenvalue weighted by Gasteiger charge is 2.15. The summed E-state index contributed by atoms with van der Waals surface area (Å²) >= 11 is 0. The fourth-order valence-corrected chi connectivity index (χ4v) is 3.51. The third-order valence-corrected chi connectivity index (χ3v) is 5.09. The molecule has 1 amide bonds. The summed E-state index contributed by atoms with van der Waals surface area (Å²) < 4.78 is 5.24. The second kappa shape index (κ2) is 10.3. The van der Waals surface area contributed by atoms with Gasteiger partial charge in [-0.15, -0.1) is 0 Å².